The molecule has 0 radical (unpaired) electrons. The number of rotatable bonds is 6. The number of benzene rings is 1. The van der Waals surface area contributed by atoms with E-state index in [0.29, 0.717) is 23.7 Å². The van der Waals surface area contributed by atoms with Gasteiger partial charge in [-0.05, 0) is 18.9 Å². The van der Waals surface area contributed by atoms with Gasteiger partial charge in [0.15, 0.2) is 11.2 Å². The fourth-order valence-electron chi connectivity index (χ4n) is 2.73. The van der Waals surface area contributed by atoms with Crippen LogP contribution in [0.15, 0.2) is 45.0 Å². The summed E-state index contributed by atoms with van der Waals surface area (Å²) in [6.07, 6.45) is 1.85. The number of nitrogens with zero attached hydrogens (tertiary/aromatic N) is 4. The third-order valence-electron chi connectivity index (χ3n) is 4.26. The molecule has 26 heavy (non-hydrogen) atoms. The average Bonchev–Trinajstić information content (AvgIpc) is 3.02. The van der Waals surface area contributed by atoms with E-state index in [9.17, 15) is 9.59 Å². The fourth-order valence-corrected chi connectivity index (χ4v) is 2.73. The number of nitrogens with one attached hydrogen (secondary N) is 2. The molecule has 136 valence electrons. The molecule has 1 aromatic carbocycles. The Balaban J connectivity index is 2.07. The van der Waals surface area contributed by atoms with Crippen molar-refractivity contribution in [3.8, 4) is 0 Å². The normalized spacial score (nSPS) is 11.9. The van der Waals surface area contributed by atoms with E-state index in [4.69, 9.17) is 0 Å². The molecule has 0 unspecified atom stereocenters. The van der Waals surface area contributed by atoms with Crippen molar-refractivity contribution in [2.24, 2.45) is 12.1 Å². The summed E-state index contributed by atoms with van der Waals surface area (Å²) in [4.78, 5) is 30.9. The van der Waals surface area contributed by atoms with Gasteiger partial charge in [-0.1, -0.05) is 43.7 Å². The number of hydrazone groups is 1. The molecule has 0 saturated carbocycles. The first-order valence-electron chi connectivity index (χ1n) is 8.58. The van der Waals surface area contributed by atoms with Gasteiger partial charge in [-0.25, -0.2) is 10.2 Å². The van der Waals surface area contributed by atoms with Crippen molar-refractivity contribution < 1.29 is 0 Å². The standard InChI is InChI=1S/C18H22N6O2/c1-4-5-11-24-14-15(23(3)18(26)20-16(14)25)19-17(24)22-21-12(2)13-9-7-6-8-10-13/h6-10H,4-5,11H2,1-3H3,(H,19,22)(H,20,25,26)/b21-12-. The molecule has 8 nitrogen and oxygen atoms in total. The Hall–Kier alpha value is -3.16. The number of aryl methyl sites for hydroxylation is 2. The third kappa shape index (κ3) is 3.30. The number of H-pyrrole nitrogens is 1. The quantitative estimate of drug-likeness (QED) is 0.523. The number of unbranched alkanes of at least 4 members (excludes halogenated alkanes) is 1. The summed E-state index contributed by atoms with van der Waals surface area (Å²) < 4.78 is 3.11. The van der Waals surface area contributed by atoms with Crippen LogP contribution < -0.4 is 16.7 Å². The predicted molar refractivity (Wildman–Crippen MR) is 103 cm³/mol. The Morgan fingerprint density at radius 1 is 1.27 bits per heavy atom. The first-order valence-corrected chi connectivity index (χ1v) is 8.58. The van der Waals surface area contributed by atoms with Crippen molar-refractivity contribution in [1.82, 2.24) is 19.1 Å². The summed E-state index contributed by atoms with van der Waals surface area (Å²) in [5, 5.41) is 4.39. The van der Waals surface area contributed by atoms with E-state index >= 15 is 0 Å². The summed E-state index contributed by atoms with van der Waals surface area (Å²) in [6, 6.07) is 9.77. The van der Waals surface area contributed by atoms with E-state index in [0.717, 1.165) is 24.1 Å². The number of hydrogen-bond donors (Lipinski definition) is 2. The molecule has 2 N–H and O–H groups in total. The van der Waals surface area contributed by atoms with Crippen LogP contribution in [0.25, 0.3) is 11.2 Å². The molecular formula is C18H22N6O2. The minimum absolute atomic E-state index is 0.338. The molecule has 0 atom stereocenters. The molecule has 0 amide bonds. The van der Waals surface area contributed by atoms with Crippen LogP contribution in [0.3, 0.4) is 0 Å². The number of aromatic nitrogens is 4. The van der Waals surface area contributed by atoms with Crippen LogP contribution in [0.4, 0.5) is 5.95 Å². The monoisotopic (exact) mass is 354 g/mol. The highest BCUT2D eigenvalue weighted by atomic mass is 16.2. The SMILES string of the molecule is CCCCn1c(N/N=C(/C)c2ccccc2)nc2c1c(=O)[nH]c(=O)n2C. The Morgan fingerprint density at radius 2 is 2.00 bits per heavy atom. The van der Waals surface area contributed by atoms with Gasteiger partial charge in [0.1, 0.15) is 0 Å². The lowest BCUT2D eigenvalue weighted by atomic mass is 10.1. The lowest BCUT2D eigenvalue weighted by Crippen LogP contribution is -2.29. The molecule has 2 heterocycles. The second kappa shape index (κ2) is 7.38. The molecule has 3 rings (SSSR count). The van der Waals surface area contributed by atoms with Crippen molar-refractivity contribution in [3.05, 3.63) is 56.7 Å². The van der Waals surface area contributed by atoms with Crippen LogP contribution in [0.2, 0.25) is 0 Å². The molecular weight excluding hydrogens is 332 g/mol. The van der Waals surface area contributed by atoms with Crippen molar-refractivity contribution in [2.75, 3.05) is 5.43 Å². The maximum absolute atomic E-state index is 12.3. The second-order valence-electron chi connectivity index (χ2n) is 6.11. The zero-order chi connectivity index (χ0) is 18.7. The van der Waals surface area contributed by atoms with Crippen molar-refractivity contribution in [2.45, 2.75) is 33.2 Å². The van der Waals surface area contributed by atoms with Crippen LogP contribution in [0.5, 0.6) is 0 Å². The van der Waals surface area contributed by atoms with Crippen molar-refractivity contribution in [1.29, 1.82) is 0 Å². The molecule has 8 heteroatoms. The largest absolute Gasteiger partial charge is 0.329 e. The Labute approximate surface area is 150 Å². The highest BCUT2D eigenvalue weighted by Crippen LogP contribution is 2.16. The first kappa shape index (κ1) is 17.7. The molecule has 0 bridgehead atoms. The smallest absolute Gasteiger partial charge is 0.303 e. The van der Waals surface area contributed by atoms with Crippen LogP contribution in [-0.4, -0.2) is 24.8 Å². The second-order valence-corrected chi connectivity index (χ2v) is 6.11. The van der Waals surface area contributed by atoms with Gasteiger partial charge >= 0.3 is 5.69 Å². The first-order chi connectivity index (χ1) is 12.5. The molecule has 3 aromatic rings. The highest BCUT2D eigenvalue weighted by molar-refractivity contribution is 5.99. The average molecular weight is 354 g/mol. The van der Waals surface area contributed by atoms with E-state index < -0.39 is 11.2 Å². The molecule has 0 fully saturated rings. The molecule has 0 saturated heterocycles. The van der Waals surface area contributed by atoms with Gasteiger partial charge in [0.05, 0.1) is 5.71 Å². The Bertz CT molecular complexity index is 1060. The third-order valence-corrected chi connectivity index (χ3v) is 4.26. The lowest BCUT2D eigenvalue weighted by molar-refractivity contribution is 0.647. The molecule has 0 aliphatic heterocycles. The number of imidazole rings is 1. The predicted octanol–water partition coefficient (Wildman–Crippen LogP) is 2.06. The van der Waals surface area contributed by atoms with Crippen molar-refractivity contribution in [3.63, 3.8) is 0 Å². The van der Waals surface area contributed by atoms with Crippen molar-refractivity contribution >= 4 is 22.8 Å². The zero-order valence-corrected chi connectivity index (χ0v) is 15.1. The van der Waals surface area contributed by atoms with Gasteiger partial charge in [-0.2, -0.15) is 10.1 Å². The van der Waals surface area contributed by atoms with Gasteiger partial charge in [-0.3, -0.25) is 14.3 Å². The van der Waals surface area contributed by atoms with Crippen LogP contribution >= 0.6 is 0 Å². The van der Waals surface area contributed by atoms with Gasteiger partial charge in [0.2, 0.25) is 5.95 Å². The molecule has 0 aliphatic rings. The molecule has 0 spiro atoms. The number of aromatic amines is 1. The number of hydrogen-bond acceptors (Lipinski definition) is 5. The molecule has 0 aliphatic carbocycles. The van der Waals surface area contributed by atoms with Gasteiger partial charge in [0, 0.05) is 13.6 Å². The Kier molecular flexibility index (Phi) is 5.01. The highest BCUT2D eigenvalue weighted by Gasteiger charge is 2.16. The van der Waals surface area contributed by atoms with E-state index in [-0.39, 0.29) is 0 Å². The minimum atomic E-state index is -0.488. The summed E-state index contributed by atoms with van der Waals surface area (Å²) >= 11 is 0. The maximum Gasteiger partial charge on any atom is 0.329 e. The summed E-state index contributed by atoms with van der Waals surface area (Å²) in [5.41, 5.74) is 4.52. The summed E-state index contributed by atoms with van der Waals surface area (Å²) in [7, 11) is 1.58. The van der Waals surface area contributed by atoms with Gasteiger partial charge in [0.25, 0.3) is 5.56 Å². The summed E-state index contributed by atoms with van der Waals surface area (Å²) in [5.74, 6) is 0.440. The number of anilines is 1. The number of fused-ring (bicyclic) bond motifs is 1. The van der Waals surface area contributed by atoms with Crippen LogP contribution in [-0.2, 0) is 13.6 Å². The van der Waals surface area contributed by atoms with E-state index in [2.05, 4.69) is 27.4 Å². The van der Waals surface area contributed by atoms with E-state index in [1.807, 2.05) is 37.3 Å². The minimum Gasteiger partial charge on any atom is -0.303 e. The van der Waals surface area contributed by atoms with Gasteiger partial charge in [-0.15, -0.1) is 0 Å². The topological polar surface area (TPSA) is 97.1 Å². The van der Waals surface area contributed by atoms with E-state index in [1.54, 1.807) is 11.6 Å². The van der Waals surface area contributed by atoms with Gasteiger partial charge < -0.3 is 4.57 Å². The lowest BCUT2D eigenvalue weighted by Gasteiger charge is -2.08. The Morgan fingerprint density at radius 3 is 2.69 bits per heavy atom. The maximum atomic E-state index is 12.3. The molecule has 2 aromatic heterocycles. The van der Waals surface area contributed by atoms with Crippen LogP contribution in [0.1, 0.15) is 32.3 Å². The van der Waals surface area contributed by atoms with E-state index in [1.165, 1.54) is 4.57 Å². The van der Waals surface area contributed by atoms with Crippen LogP contribution in [0, 0.1) is 0 Å². The zero-order valence-electron chi connectivity index (χ0n) is 15.1. The fraction of sp³-hybridized carbons (Fsp3) is 0.333. The summed E-state index contributed by atoms with van der Waals surface area (Å²) in [6.45, 7) is 4.57.